The molecule has 1 amide bonds. The van der Waals surface area contributed by atoms with Crippen molar-refractivity contribution in [2.24, 2.45) is 0 Å². The Kier molecular flexibility index (Phi) is 45.1. The number of allylic oxidation sites excluding steroid dienone is 1. The highest BCUT2D eigenvalue weighted by Gasteiger charge is 2.18. The number of carbonyl (C=O) groups excluding carboxylic acids is 2. The van der Waals surface area contributed by atoms with Gasteiger partial charge in [-0.3, -0.25) is 9.59 Å². The van der Waals surface area contributed by atoms with Gasteiger partial charge < -0.3 is 20.3 Å². The Hall–Kier alpha value is -1.40. The van der Waals surface area contributed by atoms with Crippen LogP contribution in [0.15, 0.2) is 12.2 Å². The molecule has 2 unspecified atom stereocenters. The summed E-state index contributed by atoms with van der Waals surface area (Å²) < 4.78 is 5.47. The molecular weight excluding hydrogens is 695 g/mol. The van der Waals surface area contributed by atoms with Crippen LogP contribution >= 0.6 is 0 Å². The smallest absolute Gasteiger partial charge is 0.305 e. The number of aliphatic hydroxyl groups excluding tert-OH is 2. The second kappa shape index (κ2) is 46.3. The lowest BCUT2D eigenvalue weighted by molar-refractivity contribution is -0.143. The van der Waals surface area contributed by atoms with Crippen molar-refractivity contribution < 1.29 is 24.5 Å². The third kappa shape index (κ3) is 42.2. The molecule has 6 nitrogen and oxygen atoms in total. The fourth-order valence-corrected chi connectivity index (χ4v) is 7.69. The molecule has 0 aliphatic rings. The summed E-state index contributed by atoms with van der Waals surface area (Å²) in [7, 11) is 0. The van der Waals surface area contributed by atoms with Gasteiger partial charge in [-0.15, -0.1) is 0 Å². The summed E-state index contributed by atoms with van der Waals surface area (Å²) in [5.74, 6) is -0.1000. The van der Waals surface area contributed by atoms with Crippen LogP contribution in [0.3, 0.4) is 0 Å². The number of ether oxygens (including phenoxy) is 1. The van der Waals surface area contributed by atoms with Gasteiger partial charge in [0, 0.05) is 12.8 Å². The molecule has 0 aliphatic carbocycles. The summed E-state index contributed by atoms with van der Waals surface area (Å²) in [5.41, 5.74) is 0. The van der Waals surface area contributed by atoms with Gasteiger partial charge in [-0.05, 0) is 32.1 Å². The number of esters is 1. The number of rotatable bonds is 46. The molecule has 3 N–H and O–H groups in total. The Morgan fingerprint density at radius 3 is 1.21 bits per heavy atom. The summed E-state index contributed by atoms with van der Waals surface area (Å²) in [6.07, 6.45) is 52.2. The number of nitrogens with one attached hydrogen (secondary N) is 1. The van der Waals surface area contributed by atoms with Crippen LogP contribution in [0, 0.1) is 0 Å². The van der Waals surface area contributed by atoms with Crippen LogP contribution in [0.25, 0.3) is 0 Å². The first-order chi connectivity index (χ1) is 27.5. The van der Waals surface area contributed by atoms with Crippen molar-refractivity contribution in [2.45, 2.75) is 283 Å². The molecule has 0 bridgehead atoms. The molecule has 6 heteroatoms. The SMILES string of the molecule is CCCCCCCCC/C=C/C(O)C(CO)NC(=O)CCCCCCCCCCCCCOC(=O)CCCCCCCCCCCCCCCCCCCCC. The van der Waals surface area contributed by atoms with Crippen molar-refractivity contribution in [1.29, 1.82) is 0 Å². The van der Waals surface area contributed by atoms with Gasteiger partial charge >= 0.3 is 5.97 Å². The summed E-state index contributed by atoms with van der Waals surface area (Å²) in [4.78, 5) is 24.4. The maximum absolute atomic E-state index is 12.3. The molecule has 2 atom stereocenters. The largest absolute Gasteiger partial charge is 0.466 e. The van der Waals surface area contributed by atoms with Crippen molar-refractivity contribution in [2.75, 3.05) is 13.2 Å². The van der Waals surface area contributed by atoms with E-state index in [9.17, 15) is 19.8 Å². The number of amides is 1. The summed E-state index contributed by atoms with van der Waals surface area (Å²) in [6, 6.07) is -0.638. The predicted octanol–water partition coefficient (Wildman–Crippen LogP) is 14.6. The first kappa shape index (κ1) is 54.6. The lowest BCUT2D eigenvalue weighted by atomic mass is 10.0. The van der Waals surface area contributed by atoms with Crippen LogP contribution in [0.1, 0.15) is 271 Å². The highest BCUT2D eigenvalue weighted by Crippen LogP contribution is 2.16. The Balaban J connectivity index is 3.42. The number of carbonyl (C=O) groups is 2. The zero-order valence-electron chi connectivity index (χ0n) is 37.6. The third-order valence-corrected chi connectivity index (χ3v) is 11.6. The molecule has 0 aromatic rings. The quantitative estimate of drug-likeness (QED) is 0.0324. The van der Waals surface area contributed by atoms with Gasteiger partial charge in [-0.25, -0.2) is 0 Å². The molecule has 0 saturated heterocycles. The molecule has 0 saturated carbocycles. The van der Waals surface area contributed by atoms with E-state index in [-0.39, 0.29) is 18.5 Å². The van der Waals surface area contributed by atoms with Gasteiger partial charge in [0.05, 0.1) is 25.4 Å². The number of unbranched alkanes of at least 4 members (excludes halogenated alkanes) is 35. The average molecular weight is 792 g/mol. The minimum absolute atomic E-state index is 0.0113. The maximum atomic E-state index is 12.3. The highest BCUT2D eigenvalue weighted by atomic mass is 16.5. The second-order valence-electron chi connectivity index (χ2n) is 17.2. The second-order valence-corrected chi connectivity index (χ2v) is 17.2. The van der Waals surface area contributed by atoms with Crippen molar-refractivity contribution in [1.82, 2.24) is 5.32 Å². The van der Waals surface area contributed by atoms with Gasteiger partial charge in [0.2, 0.25) is 5.91 Å². The molecule has 0 spiro atoms. The minimum Gasteiger partial charge on any atom is -0.466 e. The minimum atomic E-state index is -0.853. The van der Waals surface area contributed by atoms with E-state index >= 15 is 0 Å². The van der Waals surface area contributed by atoms with Gasteiger partial charge in [0.1, 0.15) is 0 Å². The zero-order valence-corrected chi connectivity index (χ0v) is 37.6. The molecule has 0 rings (SSSR count). The van der Waals surface area contributed by atoms with Crippen molar-refractivity contribution in [3.63, 3.8) is 0 Å². The van der Waals surface area contributed by atoms with Crippen molar-refractivity contribution in [3.05, 3.63) is 12.2 Å². The molecule has 56 heavy (non-hydrogen) atoms. The molecule has 0 aliphatic heterocycles. The number of hydrogen-bond donors (Lipinski definition) is 3. The molecule has 0 aromatic carbocycles. The highest BCUT2D eigenvalue weighted by molar-refractivity contribution is 5.76. The summed E-state index contributed by atoms with van der Waals surface area (Å²) in [5, 5.41) is 22.9. The molecule has 0 fully saturated rings. The maximum Gasteiger partial charge on any atom is 0.305 e. The molecular formula is C50H97NO5. The topological polar surface area (TPSA) is 95.9 Å². The normalized spacial score (nSPS) is 12.7. The Labute approximate surface area is 349 Å². The van der Waals surface area contributed by atoms with Gasteiger partial charge in [0.15, 0.2) is 0 Å². The Bertz CT molecular complexity index is 832. The first-order valence-electron chi connectivity index (χ1n) is 25.0. The lowest BCUT2D eigenvalue weighted by Gasteiger charge is -2.20. The van der Waals surface area contributed by atoms with E-state index in [0.29, 0.717) is 19.4 Å². The number of hydrogen-bond acceptors (Lipinski definition) is 5. The first-order valence-corrected chi connectivity index (χ1v) is 25.0. The standard InChI is InChI=1S/C50H97NO5/c1-3-5-7-9-11-13-14-15-16-17-18-19-20-21-24-28-32-36-40-44-50(55)56-45-41-37-33-29-25-22-23-27-31-35-39-43-49(54)51-47(46-52)48(53)42-38-34-30-26-12-10-8-6-4-2/h38,42,47-48,52-53H,3-37,39-41,43-46H2,1-2H3,(H,51,54)/b42-38+. The van der Waals surface area contributed by atoms with Crippen LogP contribution in [0.5, 0.6) is 0 Å². The van der Waals surface area contributed by atoms with Crippen LogP contribution < -0.4 is 5.32 Å². The summed E-state index contributed by atoms with van der Waals surface area (Å²) in [6.45, 7) is 4.84. The van der Waals surface area contributed by atoms with Gasteiger partial charge in [-0.1, -0.05) is 238 Å². The van der Waals surface area contributed by atoms with Crippen LogP contribution in [-0.2, 0) is 14.3 Å². The number of aliphatic hydroxyl groups is 2. The van der Waals surface area contributed by atoms with E-state index in [4.69, 9.17) is 4.74 Å². The Morgan fingerprint density at radius 1 is 0.482 bits per heavy atom. The van der Waals surface area contributed by atoms with Crippen molar-refractivity contribution >= 4 is 11.9 Å². The molecule has 332 valence electrons. The Morgan fingerprint density at radius 2 is 0.821 bits per heavy atom. The average Bonchev–Trinajstić information content (AvgIpc) is 3.20. The van der Waals surface area contributed by atoms with Crippen LogP contribution in [-0.4, -0.2) is 47.4 Å². The van der Waals surface area contributed by atoms with Gasteiger partial charge in [-0.2, -0.15) is 0 Å². The zero-order chi connectivity index (χ0) is 40.8. The van der Waals surface area contributed by atoms with E-state index in [1.807, 2.05) is 6.08 Å². The predicted molar refractivity (Wildman–Crippen MR) is 241 cm³/mol. The summed E-state index contributed by atoms with van der Waals surface area (Å²) >= 11 is 0. The van der Waals surface area contributed by atoms with Crippen LogP contribution in [0.4, 0.5) is 0 Å². The van der Waals surface area contributed by atoms with Gasteiger partial charge in [0.25, 0.3) is 0 Å². The van der Waals surface area contributed by atoms with E-state index in [2.05, 4.69) is 19.2 Å². The van der Waals surface area contributed by atoms with Crippen molar-refractivity contribution in [3.8, 4) is 0 Å². The van der Waals surface area contributed by atoms with E-state index in [0.717, 1.165) is 57.8 Å². The lowest BCUT2D eigenvalue weighted by Crippen LogP contribution is -2.45. The van der Waals surface area contributed by atoms with E-state index in [1.165, 1.54) is 186 Å². The molecule has 0 aromatic heterocycles. The third-order valence-electron chi connectivity index (χ3n) is 11.6. The fraction of sp³-hybridized carbons (Fsp3) is 0.920. The molecule has 0 radical (unpaired) electrons. The fourth-order valence-electron chi connectivity index (χ4n) is 7.69. The van der Waals surface area contributed by atoms with E-state index < -0.39 is 12.1 Å². The molecule has 0 heterocycles. The van der Waals surface area contributed by atoms with Crippen LogP contribution in [0.2, 0.25) is 0 Å². The van der Waals surface area contributed by atoms with E-state index in [1.54, 1.807) is 6.08 Å². The monoisotopic (exact) mass is 792 g/mol.